The fourth-order valence-corrected chi connectivity index (χ4v) is 1.82. The monoisotopic (exact) mass is 308 g/mol. The van der Waals surface area contributed by atoms with Crippen molar-refractivity contribution >= 4 is 11.6 Å². The fraction of sp³-hybridized carbons (Fsp3) is 0.125. The molecule has 0 fully saturated rings. The van der Waals surface area contributed by atoms with Gasteiger partial charge in [-0.2, -0.15) is 0 Å². The lowest BCUT2D eigenvalue weighted by Crippen LogP contribution is -1.98. The van der Waals surface area contributed by atoms with Crippen molar-refractivity contribution < 1.29 is 18.6 Å². The summed E-state index contributed by atoms with van der Waals surface area (Å²) in [6, 6.07) is 8.56. The molecule has 0 atom stereocenters. The Morgan fingerprint density at radius 3 is 2.67 bits per heavy atom. The lowest BCUT2D eigenvalue weighted by Gasteiger charge is -2.08. The van der Waals surface area contributed by atoms with Gasteiger partial charge < -0.3 is 9.84 Å². The molecule has 21 heavy (non-hydrogen) atoms. The third kappa shape index (κ3) is 3.94. The number of ether oxygens (including phenoxy) is 1. The second-order valence-electron chi connectivity index (χ2n) is 4.10. The molecule has 0 aromatic heterocycles. The standard InChI is InChI=1S/C16H11ClF2O2/c17-16-12(3-1-5-14(16)18)10-21-13-7-6-11(4-2-8-20)15(19)9-13/h1,3,5-7,9,20H,8,10H2. The normalized spacial score (nSPS) is 9.90. The largest absolute Gasteiger partial charge is 0.489 e. The predicted molar refractivity (Wildman–Crippen MR) is 76.1 cm³/mol. The molecule has 2 nitrogen and oxygen atoms in total. The lowest BCUT2D eigenvalue weighted by atomic mass is 10.2. The number of aliphatic hydroxyl groups is 1. The van der Waals surface area contributed by atoms with E-state index in [1.54, 1.807) is 6.07 Å². The van der Waals surface area contributed by atoms with E-state index in [9.17, 15) is 8.78 Å². The highest BCUT2D eigenvalue weighted by Crippen LogP contribution is 2.22. The first-order chi connectivity index (χ1) is 10.1. The molecule has 0 radical (unpaired) electrons. The topological polar surface area (TPSA) is 29.5 Å². The Bertz CT molecular complexity index is 705. The molecule has 0 saturated heterocycles. The summed E-state index contributed by atoms with van der Waals surface area (Å²) in [7, 11) is 0. The number of rotatable bonds is 3. The lowest BCUT2D eigenvalue weighted by molar-refractivity contribution is 0.304. The smallest absolute Gasteiger partial charge is 0.142 e. The zero-order valence-corrected chi connectivity index (χ0v) is 11.6. The minimum atomic E-state index is -0.557. The van der Waals surface area contributed by atoms with Gasteiger partial charge in [-0.25, -0.2) is 8.78 Å². The molecule has 2 aromatic rings. The number of aliphatic hydroxyl groups excluding tert-OH is 1. The van der Waals surface area contributed by atoms with Crippen molar-refractivity contribution in [1.29, 1.82) is 0 Å². The van der Waals surface area contributed by atoms with Crippen LogP contribution >= 0.6 is 11.6 Å². The van der Waals surface area contributed by atoms with Gasteiger partial charge in [0.05, 0.1) is 10.6 Å². The summed E-state index contributed by atoms with van der Waals surface area (Å²) in [4.78, 5) is 0. The van der Waals surface area contributed by atoms with Crippen LogP contribution in [-0.2, 0) is 6.61 Å². The summed E-state index contributed by atoms with van der Waals surface area (Å²) in [6.07, 6.45) is 0. The van der Waals surface area contributed by atoms with E-state index in [1.807, 2.05) is 0 Å². The molecule has 0 saturated carbocycles. The van der Waals surface area contributed by atoms with Gasteiger partial charge in [-0.15, -0.1) is 0 Å². The maximum absolute atomic E-state index is 13.7. The van der Waals surface area contributed by atoms with Gasteiger partial charge in [0.1, 0.15) is 30.6 Å². The van der Waals surface area contributed by atoms with Gasteiger partial charge in [0.15, 0.2) is 0 Å². The minimum Gasteiger partial charge on any atom is -0.489 e. The quantitative estimate of drug-likeness (QED) is 0.879. The van der Waals surface area contributed by atoms with Crippen molar-refractivity contribution in [3.05, 3.63) is 64.2 Å². The number of halogens is 3. The predicted octanol–water partition coefficient (Wildman–Crippen LogP) is 3.54. The van der Waals surface area contributed by atoms with Crippen LogP contribution in [-0.4, -0.2) is 11.7 Å². The zero-order chi connectivity index (χ0) is 15.2. The Labute approximate surface area is 125 Å². The second kappa shape index (κ2) is 7.07. The highest BCUT2D eigenvalue weighted by Gasteiger charge is 2.07. The molecule has 0 amide bonds. The van der Waals surface area contributed by atoms with Crippen LogP contribution in [0.15, 0.2) is 36.4 Å². The Kier molecular flexibility index (Phi) is 5.15. The maximum atomic E-state index is 13.7. The number of hydrogen-bond donors (Lipinski definition) is 1. The van der Waals surface area contributed by atoms with Gasteiger partial charge in [-0.1, -0.05) is 35.6 Å². The van der Waals surface area contributed by atoms with Crippen LogP contribution in [0.2, 0.25) is 5.02 Å². The summed E-state index contributed by atoms with van der Waals surface area (Å²) >= 11 is 5.80. The van der Waals surface area contributed by atoms with Crippen molar-refractivity contribution in [2.45, 2.75) is 6.61 Å². The van der Waals surface area contributed by atoms with Crippen LogP contribution in [0, 0.1) is 23.5 Å². The van der Waals surface area contributed by atoms with E-state index in [4.69, 9.17) is 21.4 Å². The van der Waals surface area contributed by atoms with E-state index < -0.39 is 11.6 Å². The molecule has 0 aliphatic carbocycles. The molecule has 108 valence electrons. The molecular formula is C16H11ClF2O2. The van der Waals surface area contributed by atoms with Gasteiger partial charge in [0.2, 0.25) is 0 Å². The first kappa shape index (κ1) is 15.3. The molecular weight excluding hydrogens is 298 g/mol. The molecule has 0 spiro atoms. The van der Waals surface area contributed by atoms with Crippen LogP contribution in [0.4, 0.5) is 8.78 Å². The Morgan fingerprint density at radius 1 is 1.14 bits per heavy atom. The maximum Gasteiger partial charge on any atom is 0.142 e. The first-order valence-corrected chi connectivity index (χ1v) is 6.44. The molecule has 1 N–H and O–H groups in total. The summed E-state index contributed by atoms with van der Waals surface area (Å²) in [5, 5.41) is 8.56. The summed E-state index contributed by atoms with van der Waals surface area (Å²) < 4.78 is 32.3. The molecule has 0 heterocycles. The zero-order valence-electron chi connectivity index (χ0n) is 10.9. The summed E-state index contributed by atoms with van der Waals surface area (Å²) in [6.45, 7) is -0.312. The van der Waals surface area contributed by atoms with Crippen LogP contribution in [0.25, 0.3) is 0 Å². The van der Waals surface area contributed by atoms with E-state index in [-0.39, 0.29) is 29.5 Å². The molecule has 2 aromatic carbocycles. The second-order valence-corrected chi connectivity index (χ2v) is 4.48. The van der Waals surface area contributed by atoms with Crippen LogP contribution in [0.1, 0.15) is 11.1 Å². The number of benzene rings is 2. The molecule has 0 unspecified atom stereocenters. The van der Waals surface area contributed by atoms with E-state index in [1.165, 1.54) is 30.3 Å². The van der Waals surface area contributed by atoms with E-state index in [0.29, 0.717) is 5.56 Å². The number of hydrogen-bond acceptors (Lipinski definition) is 2. The molecule has 0 bridgehead atoms. The average molecular weight is 309 g/mol. The van der Waals surface area contributed by atoms with E-state index >= 15 is 0 Å². The van der Waals surface area contributed by atoms with Crippen molar-refractivity contribution in [3.63, 3.8) is 0 Å². The average Bonchev–Trinajstić information content (AvgIpc) is 2.48. The molecule has 0 aliphatic rings. The molecule has 5 heteroatoms. The minimum absolute atomic E-state index is 0.0107. The van der Waals surface area contributed by atoms with E-state index in [0.717, 1.165) is 0 Å². The Balaban J connectivity index is 2.10. The van der Waals surface area contributed by atoms with Crippen LogP contribution in [0.5, 0.6) is 5.75 Å². The van der Waals surface area contributed by atoms with Gasteiger partial charge >= 0.3 is 0 Å². The highest BCUT2D eigenvalue weighted by molar-refractivity contribution is 6.31. The van der Waals surface area contributed by atoms with Crippen LogP contribution < -0.4 is 4.74 Å². The molecule has 2 rings (SSSR count). The fourth-order valence-electron chi connectivity index (χ4n) is 1.64. The van der Waals surface area contributed by atoms with Gasteiger partial charge in [-0.05, 0) is 18.2 Å². The van der Waals surface area contributed by atoms with Crippen molar-refractivity contribution in [2.24, 2.45) is 0 Å². The third-order valence-electron chi connectivity index (χ3n) is 2.67. The van der Waals surface area contributed by atoms with Gasteiger partial charge in [-0.3, -0.25) is 0 Å². The van der Waals surface area contributed by atoms with Gasteiger partial charge in [0.25, 0.3) is 0 Å². The Hall–Kier alpha value is -2.09. The SMILES string of the molecule is OCC#Cc1ccc(OCc2cccc(F)c2Cl)cc1F. The van der Waals surface area contributed by atoms with Crippen molar-refractivity contribution in [1.82, 2.24) is 0 Å². The van der Waals surface area contributed by atoms with E-state index in [2.05, 4.69) is 11.8 Å². The summed E-state index contributed by atoms with van der Waals surface area (Å²) in [5.41, 5.74) is 0.640. The summed E-state index contributed by atoms with van der Waals surface area (Å²) in [5.74, 6) is 4.04. The van der Waals surface area contributed by atoms with Crippen molar-refractivity contribution in [3.8, 4) is 17.6 Å². The first-order valence-electron chi connectivity index (χ1n) is 6.07. The van der Waals surface area contributed by atoms with Crippen LogP contribution in [0.3, 0.4) is 0 Å². The van der Waals surface area contributed by atoms with Gasteiger partial charge in [0, 0.05) is 11.6 Å². The highest BCUT2D eigenvalue weighted by atomic mass is 35.5. The van der Waals surface area contributed by atoms with Crippen molar-refractivity contribution in [2.75, 3.05) is 6.61 Å². The third-order valence-corrected chi connectivity index (χ3v) is 3.09. The molecule has 0 aliphatic heterocycles. The Morgan fingerprint density at radius 2 is 1.95 bits per heavy atom.